The number of rotatable bonds is 6. The Labute approximate surface area is 110 Å². The number of nitrogens with two attached hydrogens (primary N) is 1. The second kappa shape index (κ2) is 5.74. The summed E-state index contributed by atoms with van der Waals surface area (Å²) in [7, 11) is 1.67. The molecule has 0 atom stereocenters. The number of hydrogen-bond donors (Lipinski definition) is 1. The van der Waals surface area contributed by atoms with E-state index in [1.54, 1.807) is 7.11 Å². The van der Waals surface area contributed by atoms with Gasteiger partial charge >= 0.3 is 0 Å². The normalized spacial score (nSPS) is 14.8. The second-order valence-electron chi connectivity index (χ2n) is 4.39. The maximum Gasteiger partial charge on any atom is 0.162 e. The van der Waals surface area contributed by atoms with E-state index in [1.165, 1.54) is 12.8 Å². The minimum atomic E-state index is 0.629. The molecule has 2 rings (SSSR count). The van der Waals surface area contributed by atoms with Crippen molar-refractivity contribution >= 4 is 15.9 Å². The maximum atomic E-state index is 5.78. The van der Waals surface area contributed by atoms with Crippen molar-refractivity contribution in [1.82, 2.24) is 0 Å². The second-order valence-corrected chi connectivity index (χ2v) is 5.24. The Balaban J connectivity index is 2.14. The number of methoxy groups -OCH3 is 1. The van der Waals surface area contributed by atoms with Gasteiger partial charge in [-0.05, 0) is 49.4 Å². The summed E-state index contributed by atoms with van der Waals surface area (Å²) < 4.78 is 12.2. The molecule has 0 aromatic heterocycles. The first-order valence-electron chi connectivity index (χ1n) is 5.94. The van der Waals surface area contributed by atoms with Crippen molar-refractivity contribution in [1.29, 1.82) is 0 Å². The fourth-order valence-electron chi connectivity index (χ4n) is 1.69. The van der Waals surface area contributed by atoms with E-state index in [0.717, 1.165) is 40.5 Å². The van der Waals surface area contributed by atoms with Crippen molar-refractivity contribution in [2.24, 2.45) is 11.7 Å². The fraction of sp³-hybridized carbons (Fsp3) is 0.538. The quantitative estimate of drug-likeness (QED) is 0.878. The zero-order chi connectivity index (χ0) is 12.3. The van der Waals surface area contributed by atoms with Gasteiger partial charge in [0, 0.05) is 4.47 Å². The lowest BCUT2D eigenvalue weighted by atomic mass is 10.1. The minimum Gasteiger partial charge on any atom is -0.493 e. The number of hydrogen-bond acceptors (Lipinski definition) is 3. The van der Waals surface area contributed by atoms with E-state index >= 15 is 0 Å². The zero-order valence-electron chi connectivity index (χ0n) is 10.0. The standard InChI is InChI=1S/C13H18BrNO2/c1-16-12-6-10(4-5-15)11(14)7-13(12)17-8-9-2-3-9/h6-7,9H,2-5,8,15H2,1H3. The third-order valence-electron chi connectivity index (χ3n) is 2.92. The van der Waals surface area contributed by atoms with Crippen molar-refractivity contribution in [3.63, 3.8) is 0 Å². The van der Waals surface area contributed by atoms with Crippen LogP contribution in [-0.4, -0.2) is 20.3 Å². The molecule has 1 aromatic carbocycles. The average molecular weight is 300 g/mol. The first kappa shape index (κ1) is 12.7. The van der Waals surface area contributed by atoms with Crippen molar-refractivity contribution in [3.05, 3.63) is 22.2 Å². The van der Waals surface area contributed by atoms with Crippen molar-refractivity contribution in [2.45, 2.75) is 19.3 Å². The van der Waals surface area contributed by atoms with E-state index in [0.29, 0.717) is 6.54 Å². The summed E-state index contributed by atoms with van der Waals surface area (Å²) in [4.78, 5) is 0. The molecule has 0 spiro atoms. The molecule has 1 aliphatic carbocycles. The van der Waals surface area contributed by atoms with Crippen LogP contribution < -0.4 is 15.2 Å². The van der Waals surface area contributed by atoms with Crippen LogP contribution in [0.3, 0.4) is 0 Å². The molecule has 1 aromatic rings. The minimum absolute atomic E-state index is 0.629. The van der Waals surface area contributed by atoms with E-state index in [1.807, 2.05) is 12.1 Å². The number of halogens is 1. The third-order valence-corrected chi connectivity index (χ3v) is 3.66. The largest absolute Gasteiger partial charge is 0.493 e. The molecule has 0 saturated heterocycles. The lowest BCUT2D eigenvalue weighted by Crippen LogP contribution is -2.05. The van der Waals surface area contributed by atoms with Crippen LogP contribution in [-0.2, 0) is 6.42 Å². The Morgan fingerprint density at radius 2 is 2.12 bits per heavy atom. The predicted molar refractivity (Wildman–Crippen MR) is 71.7 cm³/mol. The Hall–Kier alpha value is -0.740. The van der Waals surface area contributed by atoms with Crippen LogP contribution >= 0.6 is 15.9 Å². The predicted octanol–water partition coefficient (Wildman–Crippen LogP) is 2.75. The van der Waals surface area contributed by atoms with Crippen LogP contribution in [0.5, 0.6) is 11.5 Å². The van der Waals surface area contributed by atoms with E-state index < -0.39 is 0 Å². The van der Waals surface area contributed by atoms with Gasteiger partial charge in [0.2, 0.25) is 0 Å². The molecule has 2 N–H and O–H groups in total. The fourth-order valence-corrected chi connectivity index (χ4v) is 2.21. The van der Waals surface area contributed by atoms with Gasteiger partial charge in [-0.15, -0.1) is 0 Å². The topological polar surface area (TPSA) is 44.5 Å². The Morgan fingerprint density at radius 1 is 1.35 bits per heavy atom. The zero-order valence-corrected chi connectivity index (χ0v) is 11.6. The number of ether oxygens (including phenoxy) is 2. The lowest BCUT2D eigenvalue weighted by molar-refractivity contribution is 0.280. The number of benzene rings is 1. The van der Waals surface area contributed by atoms with Crippen LogP contribution in [0.2, 0.25) is 0 Å². The van der Waals surface area contributed by atoms with Gasteiger partial charge in [-0.3, -0.25) is 0 Å². The van der Waals surface area contributed by atoms with Gasteiger partial charge < -0.3 is 15.2 Å². The van der Waals surface area contributed by atoms with Gasteiger partial charge in [0.25, 0.3) is 0 Å². The average Bonchev–Trinajstić information content (AvgIpc) is 3.13. The summed E-state index contributed by atoms with van der Waals surface area (Å²) >= 11 is 3.54. The van der Waals surface area contributed by atoms with Gasteiger partial charge in [0.1, 0.15) is 0 Å². The lowest BCUT2D eigenvalue weighted by Gasteiger charge is -2.13. The summed E-state index contributed by atoms with van der Waals surface area (Å²) in [6.07, 6.45) is 3.41. The highest BCUT2D eigenvalue weighted by atomic mass is 79.9. The molecule has 94 valence electrons. The van der Waals surface area contributed by atoms with Crippen molar-refractivity contribution in [3.8, 4) is 11.5 Å². The molecular weight excluding hydrogens is 282 g/mol. The maximum absolute atomic E-state index is 5.78. The van der Waals surface area contributed by atoms with E-state index in [2.05, 4.69) is 15.9 Å². The van der Waals surface area contributed by atoms with Gasteiger partial charge in [0.05, 0.1) is 13.7 Å². The SMILES string of the molecule is COc1cc(CCN)c(Br)cc1OCC1CC1. The first-order chi connectivity index (χ1) is 8.24. The summed E-state index contributed by atoms with van der Waals surface area (Å²) in [5.74, 6) is 2.34. The summed E-state index contributed by atoms with van der Waals surface area (Å²) in [5.41, 5.74) is 6.73. The summed E-state index contributed by atoms with van der Waals surface area (Å²) in [5, 5.41) is 0. The van der Waals surface area contributed by atoms with E-state index in [9.17, 15) is 0 Å². The van der Waals surface area contributed by atoms with E-state index in [-0.39, 0.29) is 0 Å². The molecule has 0 aliphatic heterocycles. The molecule has 17 heavy (non-hydrogen) atoms. The van der Waals surface area contributed by atoms with E-state index in [4.69, 9.17) is 15.2 Å². The van der Waals surface area contributed by atoms with Gasteiger partial charge in [-0.1, -0.05) is 15.9 Å². The summed E-state index contributed by atoms with van der Waals surface area (Å²) in [6.45, 7) is 1.42. The molecule has 1 saturated carbocycles. The molecule has 1 aliphatic rings. The Bertz CT molecular complexity index is 391. The highest BCUT2D eigenvalue weighted by Gasteiger charge is 2.22. The molecule has 3 nitrogen and oxygen atoms in total. The van der Waals surface area contributed by atoms with Crippen LogP contribution in [0.25, 0.3) is 0 Å². The highest BCUT2D eigenvalue weighted by Crippen LogP contribution is 2.36. The van der Waals surface area contributed by atoms with Gasteiger partial charge in [0.15, 0.2) is 11.5 Å². The highest BCUT2D eigenvalue weighted by molar-refractivity contribution is 9.10. The molecule has 0 amide bonds. The Kier molecular flexibility index (Phi) is 4.29. The molecule has 0 unspecified atom stereocenters. The van der Waals surface area contributed by atoms with Crippen molar-refractivity contribution in [2.75, 3.05) is 20.3 Å². The Morgan fingerprint density at radius 3 is 2.71 bits per heavy atom. The molecule has 4 heteroatoms. The van der Waals surface area contributed by atoms with Crippen molar-refractivity contribution < 1.29 is 9.47 Å². The first-order valence-corrected chi connectivity index (χ1v) is 6.73. The van der Waals surface area contributed by atoms with Gasteiger partial charge in [-0.25, -0.2) is 0 Å². The smallest absolute Gasteiger partial charge is 0.162 e. The monoisotopic (exact) mass is 299 g/mol. The van der Waals surface area contributed by atoms with Gasteiger partial charge in [-0.2, -0.15) is 0 Å². The molecule has 1 fully saturated rings. The third kappa shape index (κ3) is 3.36. The van der Waals surface area contributed by atoms with Crippen LogP contribution in [0, 0.1) is 5.92 Å². The van der Waals surface area contributed by atoms with Crippen LogP contribution in [0.15, 0.2) is 16.6 Å². The molecular formula is C13H18BrNO2. The summed E-state index contributed by atoms with van der Waals surface area (Å²) in [6, 6.07) is 3.98. The van der Waals surface area contributed by atoms with Crippen LogP contribution in [0.1, 0.15) is 18.4 Å². The molecule has 0 heterocycles. The molecule has 0 bridgehead atoms. The van der Waals surface area contributed by atoms with Crippen LogP contribution in [0.4, 0.5) is 0 Å². The molecule has 0 radical (unpaired) electrons.